The lowest BCUT2D eigenvalue weighted by molar-refractivity contribution is -0.120. The SMILES string of the molecule is O=C(Cc1ccc(Cl)cc1)N/N=C\c1ccc(O)c(Cl)c1. The third-order valence-electron chi connectivity index (χ3n) is 2.65. The second kappa shape index (κ2) is 7.11. The Morgan fingerprint density at radius 2 is 1.90 bits per heavy atom. The molecule has 2 rings (SSSR count). The van der Waals surface area contributed by atoms with E-state index < -0.39 is 0 Å². The van der Waals surface area contributed by atoms with Crippen molar-refractivity contribution in [1.29, 1.82) is 0 Å². The van der Waals surface area contributed by atoms with Gasteiger partial charge in [-0.2, -0.15) is 5.10 Å². The molecular formula is C15H12Cl2N2O2. The summed E-state index contributed by atoms with van der Waals surface area (Å²) in [6.07, 6.45) is 1.66. The summed E-state index contributed by atoms with van der Waals surface area (Å²) in [6.45, 7) is 0. The van der Waals surface area contributed by atoms with Crippen molar-refractivity contribution < 1.29 is 9.90 Å². The fourth-order valence-corrected chi connectivity index (χ4v) is 1.92. The first kappa shape index (κ1) is 15.4. The van der Waals surface area contributed by atoms with Crippen LogP contribution >= 0.6 is 23.2 Å². The zero-order valence-corrected chi connectivity index (χ0v) is 12.4. The molecule has 1 amide bonds. The zero-order valence-electron chi connectivity index (χ0n) is 10.9. The van der Waals surface area contributed by atoms with E-state index in [1.54, 1.807) is 36.4 Å². The van der Waals surface area contributed by atoms with Crippen molar-refractivity contribution in [2.75, 3.05) is 0 Å². The smallest absolute Gasteiger partial charge is 0.244 e. The molecule has 108 valence electrons. The molecule has 21 heavy (non-hydrogen) atoms. The predicted molar refractivity (Wildman–Crippen MR) is 84.0 cm³/mol. The van der Waals surface area contributed by atoms with Crippen molar-refractivity contribution >= 4 is 35.3 Å². The summed E-state index contributed by atoms with van der Waals surface area (Å²) in [4.78, 5) is 11.7. The first-order valence-electron chi connectivity index (χ1n) is 6.09. The van der Waals surface area contributed by atoms with Gasteiger partial charge in [-0.1, -0.05) is 35.3 Å². The van der Waals surface area contributed by atoms with Gasteiger partial charge in [-0.25, -0.2) is 5.43 Å². The Balaban J connectivity index is 1.89. The van der Waals surface area contributed by atoms with Crippen molar-refractivity contribution in [3.05, 3.63) is 63.6 Å². The number of phenols is 1. The number of hydrazone groups is 1. The van der Waals surface area contributed by atoms with Gasteiger partial charge in [0.2, 0.25) is 5.91 Å². The molecule has 0 saturated heterocycles. The molecule has 0 bridgehead atoms. The maximum Gasteiger partial charge on any atom is 0.244 e. The Bertz CT molecular complexity index is 670. The van der Waals surface area contributed by atoms with Crippen LogP contribution in [0.3, 0.4) is 0 Å². The molecular weight excluding hydrogens is 311 g/mol. The molecule has 0 fully saturated rings. The molecule has 0 radical (unpaired) electrons. The van der Waals surface area contributed by atoms with Gasteiger partial charge in [0.25, 0.3) is 0 Å². The number of hydrogen-bond acceptors (Lipinski definition) is 3. The van der Waals surface area contributed by atoms with Gasteiger partial charge in [0.05, 0.1) is 17.7 Å². The first-order valence-corrected chi connectivity index (χ1v) is 6.85. The van der Waals surface area contributed by atoms with Crippen LogP contribution in [0.4, 0.5) is 0 Å². The lowest BCUT2D eigenvalue weighted by Crippen LogP contribution is -2.19. The van der Waals surface area contributed by atoms with Gasteiger partial charge in [0.15, 0.2) is 0 Å². The number of rotatable bonds is 4. The molecule has 2 aromatic carbocycles. The largest absolute Gasteiger partial charge is 0.506 e. The fraction of sp³-hybridized carbons (Fsp3) is 0.0667. The minimum Gasteiger partial charge on any atom is -0.506 e. The Hall–Kier alpha value is -2.04. The lowest BCUT2D eigenvalue weighted by Gasteiger charge is -2.01. The van der Waals surface area contributed by atoms with Crippen molar-refractivity contribution in [3.8, 4) is 5.75 Å². The minimum atomic E-state index is -0.238. The second-order valence-corrected chi connectivity index (χ2v) is 5.15. The topological polar surface area (TPSA) is 61.7 Å². The van der Waals surface area contributed by atoms with E-state index in [1.807, 2.05) is 0 Å². The summed E-state index contributed by atoms with van der Waals surface area (Å²) < 4.78 is 0. The molecule has 0 aliphatic carbocycles. The number of nitrogens with one attached hydrogen (secondary N) is 1. The highest BCUT2D eigenvalue weighted by atomic mass is 35.5. The van der Waals surface area contributed by atoms with Crippen molar-refractivity contribution in [1.82, 2.24) is 5.43 Å². The normalized spacial score (nSPS) is 10.8. The highest BCUT2D eigenvalue weighted by Gasteiger charge is 2.02. The van der Waals surface area contributed by atoms with Crippen molar-refractivity contribution in [3.63, 3.8) is 0 Å². The molecule has 0 aliphatic rings. The van der Waals surface area contributed by atoms with Gasteiger partial charge < -0.3 is 5.11 Å². The predicted octanol–water partition coefficient (Wildman–Crippen LogP) is 3.39. The Morgan fingerprint density at radius 1 is 1.19 bits per heavy atom. The number of halogens is 2. The van der Waals surface area contributed by atoms with E-state index >= 15 is 0 Å². The molecule has 0 aromatic heterocycles. The maximum atomic E-state index is 11.7. The highest BCUT2D eigenvalue weighted by Crippen LogP contribution is 2.22. The Morgan fingerprint density at radius 3 is 2.57 bits per heavy atom. The second-order valence-electron chi connectivity index (χ2n) is 4.31. The van der Waals surface area contributed by atoms with Crippen molar-refractivity contribution in [2.24, 2.45) is 5.10 Å². The molecule has 2 N–H and O–H groups in total. The number of hydrogen-bond donors (Lipinski definition) is 2. The third kappa shape index (κ3) is 4.77. The van der Waals surface area contributed by atoms with Crippen LogP contribution in [0.5, 0.6) is 5.75 Å². The van der Waals surface area contributed by atoms with E-state index in [-0.39, 0.29) is 23.1 Å². The van der Waals surface area contributed by atoms with Gasteiger partial charge in [0, 0.05) is 5.02 Å². The van der Waals surface area contributed by atoms with Crippen LogP contribution in [0.1, 0.15) is 11.1 Å². The quantitative estimate of drug-likeness (QED) is 0.669. The van der Waals surface area contributed by atoms with Gasteiger partial charge in [-0.15, -0.1) is 0 Å². The number of carbonyl (C=O) groups is 1. The molecule has 0 aliphatic heterocycles. The van der Waals surface area contributed by atoms with Crippen LogP contribution in [0.25, 0.3) is 0 Å². The highest BCUT2D eigenvalue weighted by molar-refractivity contribution is 6.32. The average Bonchev–Trinajstić information content (AvgIpc) is 2.45. The molecule has 0 saturated carbocycles. The third-order valence-corrected chi connectivity index (χ3v) is 3.21. The monoisotopic (exact) mass is 322 g/mol. The van der Waals surface area contributed by atoms with Gasteiger partial charge >= 0.3 is 0 Å². The first-order chi connectivity index (χ1) is 10.0. The van der Waals surface area contributed by atoms with Crippen LogP contribution in [-0.4, -0.2) is 17.2 Å². The summed E-state index contributed by atoms with van der Waals surface area (Å²) in [5.74, 6) is -0.237. The summed E-state index contributed by atoms with van der Waals surface area (Å²) >= 11 is 11.5. The van der Waals surface area contributed by atoms with E-state index in [0.29, 0.717) is 10.6 Å². The van der Waals surface area contributed by atoms with Crippen LogP contribution in [0, 0.1) is 0 Å². The van der Waals surface area contributed by atoms with E-state index in [9.17, 15) is 9.90 Å². The van der Waals surface area contributed by atoms with Crippen LogP contribution in [0.2, 0.25) is 10.0 Å². The zero-order chi connectivity index (χ0) is 15.2. The van der Waals surface area contributed by atoms with Crippen LogP contribution in [0.15, 0.2) is 47.6 Å². The molecule has 0 unspecified atom stereocenters. The number of amides is 1. The molecule has 0 atom stereocenters. The van der Waals surface area contributed by atoms with Gasteiger partial charge in [0.1, 0.15) is 5.75 Å². The number of carbonyl (C=O) groups excluding carboxylic acids is 1. The number of phenolic OH excluding ortho intramolecular Hbond substituents is 1. The summed E-state index contributed by atoms with van der Waals surface area (Å²) in [7, 11) is 0. The van der Waals surface area contributed by atoms with Gasteiger partial charge in [-0.05, 0) is 41.5 Å². The number of nitrogens with zero attached hydrogens (tertiary/aromatic N) is 1. The standard InChI is InChI=1S/C15H12Cl2N2O2/c16-12-4-1-10(2-5-12)8-15(21)19-18-9-11-3-6-14(20)13(17)7-11/h1-7,9,20H,8H2,(H,19,21)/b18-9-. The van der Waals surface area contributed by atoms with E-state index in [0.717, 1.165) is 5.56 Å². The number of benzene rings is 2. The van der Waals surface area contributed by atoms with E-state index in [1.165, 1.54) is 12.3 Å². The summed E-state index contributed by atoms with van der Waals surface area (Å²) in [6, 6.07) is 11.7. The molecule has 4 nitrogen and oxygen atoms in total. The molecule has 2 aromatic rings. The Kier molecular flexibility index (Phi) is 5.20. The fourth-order valence-electron chi connectivity index (χ4n) is 1.61. The van der Waals surface area contributed by atoms with Crippen LogP contribution < -0.4 is 5.43 Å². The summed E-state index contributed by atoms with van der Waals surface area (Å²) in [5, 5.41) is 14.0. The van der Waals surface area contributed by atoms with Gasteiger partial charge in [-0.3, -0.25) is 4.79 Å². The Labute approximate surface area is 132 Å². The summed E-state index contributed by atoms with van der Waals surface area (Å²) in [5.41, 5.74) is 3.94. The van der Waals surface area contributed by atoms with E-state index in [2.05, 4.69) is 10.5 Å². The van der Waals surface area contributed by atoms with Crippen molar-refractivity contribution in [2.45, 2.75) is 6.42 Å². The maximum absolute atomic E-state index is 11.7. The average molecular weight is 323 g/mol. The number of aromatic hydroxyl groups is 1. The minimum absolute atomic E-state index is 0.000547. The lowest BCUT2D eigenvalue weighted by atomic mass is 10.1. The van der Waals surface area contributed by atoms with Crippen LogP contribution in [-0.2, 0) is 11.2 Å². The molecule has 0 heterocycles. The molecule has 6 heteroatoms. The molecule has 0 spiro atoms. The van der Waals surface area contributed by atoms with E-state index in [4.69, 9.17) is 23.2 Å².